The van der Waals surface area contributed by atoms with Crippen LogP contribution in [0.1, 0.15) is 35.8 Å². The molecule has 0 fully saturated rings. The van der Waals surface area contributed by atoms with Crippen molar-refractivity contribution in [2.45, 2.75) is 19.9 Å². The van der Waals surface area contributed by atoms with Gasteiger partial charge in [0.25, 0.3) is 0 Å². The zero-order chi connectivity index (χ0) is 12.7. The normalized spacial score (nSPS) is 11.6. The minimum Gasteiger partial charge on any atom is -0.462 e. The van der Waals surface area contributed by atoms with Crippen molar-refractivity contribution in [3.8, 4) is 0 Å². The summed E-state index contributed by atoms with van der Waals surface area (Å²) < 4.78 is 4.88. The molecule has 1 unspecified atom stereocenters. The molecule has 5 nitrogen and oxygen atoms in total. The minimum absolute atomic E-state index is 0.0311. The molecule has 0 aliphatic rings. The smallest absolute Gasteiger partial charge is 0.338 e. The third-order valence-corrected chi connectivity index (χ3v) is 2.28. The number of esters is 1. The molecule has 0 saturated heterocycles. The van der Waals surface area contributed by atoms with E-state index < -0.39 is 0 Å². The fraction of sp³-hybridized carbons (Fsp3) is 0.333. The van der Waals surface area contributed by atoms with Crippen molar-refractivity contribution in [2.75, 3.05) is 6.61 Å². The Morgan fingerprint density at radius 3 is 2.59 bits per heavy atom. The van der Waals surface area contributed by atoms with Gasteiger partial charge >= 0.3 is 5.97 Å². The Bertz CT molecular complexity index is 376. The topological polar surface area (TPSA) is 67.4 Å². The molecule has 1 aromatic rings. The molecule has 1 aromatic carbocycles. The van der Waals surface area contributed by atoms with Gasteiger partial charge in [-0.1, -0.05) is 12.1 Å². The van der Waals surface area contributed by atoms with Crippen LogP contribution in [-0.2, 0) is 9.53 Å². The molecule has 1 amide bonds. The van der Waals surface area contributed by atoms with Crippen LogP contribution in [0.5, 0.6) is 0 Å². The summed E-state index contributed by atoms with van der Waals surface area (Å²) in [7, 11) is 0. The summed E-state index contributed by atoms with van der Waals surface area (Å²) in [6.45, 7) is 4.03. The molecule has 1 atom stereocenters. The summed E-state index contributed by atoms with van der Waals surface area (Å²) >= 11 is 0. The van der Waals surface area contributed by atoms with E-state index in [9.17, 15) is 9.59 Å². The summed E-state index contributed by atoms with van der Waals surface area (Å²) in [5.74, 6) is -0.328. The number of carbonyl (C=O) groups excluding carboxylic acids is 2. The Kier molecular flexibility index (Phi) is 5.16. The summed E-state index contributed by atoms with van der Waals surface area (Å²) in [4.78, 5) is 21.5. The first-order valence-corrected chi connectivity index (χ1v) is 5.40. The van der Waals surface area contributed by atoms with Gasteiger partial charge in [-0.3, -0.25) is 10.2 Å². The first kappa shape index (κ1) is 13.2. The van der Waals surface area contributed by atoms with Crippen molar-refractivity contribution in [3.05, 3.63) is 35.4 Å². The van der Waals surface area contributed by atoms with Crippen molar-refractivity contribution in [2.24, 2.45) is 0 Å². The highest BCUT2D eigenvalue weighted by atomic mass is 16.5. The lowest BCUT2D eigenvalue weighted by molar-refractivity contribution is -0.110. The lowest BCUT2D eigenvalue weighted by atomic mass is 10.1. The second-order valence-electron chi connectivity index (χ2n) is 3.47. The molecule has 0 aliphatic carbocycles. The quantitative estimate of drug-likeness (QED) is 0.442. The van der Waals surface area contributed by atoms with Crippen molar-refractivity contribution in [3.63, 3.8) is 0 Å². The van der Waals surface area contributed by atoms with Crippen molar-refractivity contribution in [1.29, 1.82) is 0 Å². The molecule has 92 valence electrons. The Balaban J connectivity index is 2.66. The molecular formula is C12H16N2O3. The standard InChI is InChI=1S/C12H16N2O3/c1-3-17-12(16)11-6-4-10(5-7-11)9(2)14-13-8-15/h4-9,14H,3H2,1-2H3,(H,13,15). The molecule has 0 spiro atoms. The van der Waals surface area contributed by atoms with Gasteiger partial charge in [-0.25, -0.2) is 10.2 Å². The molecule has 1 rings (SSSR count). The van der Waals surface area contributed by atoms with Crippen LogP contribution in [-0.4, -0.2) is 19.0 Å². The summed E-state index contributed by atoms with van der Waals surface area (Å²) in [6, 6.07) is 7.00. The predicted octanol–water partition coefficient (Wildman–Crippen LogP) is 1.17. The number of hydrazine groups is 1. The maximum absolute atomic E-state index is 11.4. The van der Waals surface area contributed by atoms with Gasteiger partial charge in [0, 0.05) is 6.04 Å². The van der Waals surface area contributed by atoms with Crippen LogP contribution < -0.4 is 10.9 Å². The maximum Gasteiger partial charge on any atom is 0.338 e. The van der Waals surface area contributed by atoms with Crippen LogP contribution in [0.15, 0.2) is 24.3 Å². The number of hydrogen-bond acceptors (Lipinski definition) is 4. The number of carbonyl (C=O) groups is 2. The number of benzene rings is 1. The summed E-state index contributed by atoms with van der Waals surface area (Å²) in [5, 5.41) is 0. The minimum atomic E-state index is -0.328. The van der Waals surface area contributed by atoms with Gasteiger partial charge in [0.15, 0.2) is 0 Å². The molecule has 17 heavy (non-hydrogen) atoms. The van der Waals surface area contributed by atoms with Gasteiger partial charge < -0.3 is 4.74 Å². The Morgan fingerprint density at radius 2 is 2.06 bits per heavy atom. The van der Waals surface area contributed by atoms with Crippen LogP contribution in [0, 0.1) is 0 Å². The number of amides is 1. The number of hydrogen-bond donors (Lipinski definition) is 2. The number of nitrogens with one attached hydrogen (secondary N) is 2. The second kappa shape index (κ2) is 6.65. The molecule has 0 saturated carbocycles. The first-order chi connectivity index (χ1) is 8.19. The Morgan fingerprint density at radius 1 is 1.41 bits per heavy atom. The first-order valence-electron chi connectivity index (χ1n) is 5.40. The van der Waals surface area contributed by atoms with E-state index in [0.717, 1.165) is 5.56 Å². The molecule has 0 aliphatic heterocycles. The van der Waals surface area contributed by atoms with E-state index in [2.05, 4.69) is 10.9 Å². The highest BCUT2D eigenvalue weighted by Crippen LogP contribution is 2.13. The molecular weight excluding hydrogens is 220 g/mol. The fourth-order valence-electron chi connectivity index (χ4n) is 1.36. The van der Waals surface area contributed by atoms with E-state index in [0.29, 0.717) is 18.6 Å². The van der Waals surface area contributed by atoms with Gasteiger partial charge in [0.2, 0.25) is 6.41 Å². The van der Waals surface area contributed by atoms with E-state index in [-0.39, 0.29) is 12.0 Å². The average Bonchev–Trinajstić information content (AvgIpc) is 2.36. The second-order valence-corrected chi connectivity index (χ2v) is 3.47. The van der Waals surface area contributed by atoms with Crippen LogP contribution in [0.2, 0.25) is 0 Å². The van der Waals surface area contributed by atoms with Crippen LogP contribution in [0.4, 0.5) is 0 Å². The zero-order valence-electron chi connectivity index (χ0n) is 9.90. The van der Waals surface area contributed by atoms with Gasteiger partial charge in [0.05, 0.1) is 12.2 Å². The van der Waals surface area contributed by atoms with Crippen molar-refractivity contribution >= 4 is 12.4 Å². The lowest BCUT2D eigenvalue weighted by Crippen LogP contribution is -2.32. The number of rotatable bonds is 6. The predicted molar refractivity (Wildman–Crippen MR) is 63.1 cm³/mol. The van der Waals surface area contributed by atoms with Gasteiger partial charge in [0.1, 0.15) is 0 Å². The monoisotopic (exact) mass is 236 g/mol. The Hall–Kier alpha value is -1.88. The molecule has 0 heterocycles. The molecule has 0 radical (unpaired) electrons. The highest BCUT2D eigenvalue weighted by Gasteiger charge is 2.08. The Labute approximate surface area is 100 Å². The van der Waals surface area contributed by atoms with Gasteiger partial charge in [-0.2, -0.15) is 0 Å². The van der Waals surface area contributed by atoms with Gasteiger partial charge in [-0.15, -0.1) is 0 Å². The average molecular weight is 236 g/mol. The zero-order valence-corrected chi connectivity index (χ0v) is 9.90. The summed E-state index contributed by atoms with van der Waals surface area (Å²) in [5.41, 5.74) is 6.65. The third kappa shape index (κ3) is 3.88. The number of ether oxygens (including phenoxy) is 1. The van der Waals surface area contributed by atoms with Crippen LogP contribution in [0.25, 0.3) is 0 Å². The van der Waals surface area contributed by atoms with E-state index in [4.69, 9.17) is 4.74 Å². The molecule has 0 bridgehead atoms. The van der Waals surface area contributed by atoms with Crippen molar-refractivity contribution < 1.29 is 14.3 Å². The van der Waals surface area contributed by atoms with Crippen LogP contribution >= 0.6 is 0 Å². The van der Waals surface area contributed by atoms with Crippen molar-refractivity contribution in [1.82, 2.24) is 10.9 Å². The lowest BCUT2D eigenvalue weighted by Gasteiger charge is -2.13. The van der Waals surface area contributed by atoms with E-state index in [1.165, 1.54) is 0 Å². The molecule has 2 N–H and O–H groups in total. The molecule has 0 aromatic heterocycles. The fourth-order valence-corrected chi connectivity index (χ4v) is 1.36. The molecule has 5 heteroatoms. The largest absolute Gasteiger partial charge is 0.462 e. The van der Waals surface area contributed by atoms with E-state index in [1.54, 1.807) is 19.1 Å². The van der Waals surface area contributed by atoms with E-state index in [1.807, 2.05) is 19.1 Å². The summed E-state index contributed by atoms with van der Waals surface area (Å²) in [6.07, 6.45) is 0.573. The third-order valence-electron chi connectivity index (χ3n) is 2.28. The van der Waals surface area contributed by atoms with Crippen LogP contribution in [0.3, 0.4) is 0 Å². The van der Waals surface area contributed by atoms with Gasteiger partial charge in [-0.05, 0) is 31.5 Å². The maximum atomic E-state index is 11.4. The SMILES string of the molecule is CCOC(=O)c1ccc(C(C)NNC=O)cc1. The highest BCUT2D eigenvalue weighted by molar-refractivity contribution is 5.89. The van der Waals surface area contributed by atoms with E-state index >= 15 is 0 Å².